The standard InChI is InChI=1S/C12H10N2O2/c15-8-11-13-7-6-10(14-11)12(16)9-4-2-1-3-5-9/h1-8,12,16H. The van der Waals surface area contributed by atoms with Crippen molar-refractivity contribution in [1.82, 2.24) is 9.97 Å². The van der Waals surface area contributed by atoms with E-state index in [2.05, 4.69) is 9.97 Å². The lowest BCUT2D eigenvalue weighted by molar-refractivity contribution is 0.111. The first kappa shape index (κ1) is 10.4. The lowest BCUT2D eigenvalue weighted by Crippen LogP contribution is -2.05. The molecule has 1 atom stereocenters. The van der Waals surface area contributed by atoms with Crippen LogP contribution in [-0.2, 0) is 0 Å². The molecule has 4 heteroatoms. The van der Waals surface area contributed by atoms with E-state index in [0.717, 1.165) is 5.56 Å². The maximum atomic E-state index is 10.5. The second-order valence-corrected chi connectivity index (χ2v) is 3.27. The highest BCUT2D eigenvalue weighted by molar-refractivity contribution is 5.68. The second kappa shape index (κ2) is 4.63. The topological polar surface area (TPSA) is 63.1 Å². The third kappa shape index (κ3) is 2.12. The van der Waals surface area contributed by atoms with E-state index < -0.39 is 6.10 Å². The minimum atomic E-state index is -0.831. The Bertz CT molecular complexity index is 485. The summed E-state index contributed by atoms with van der Waals surface area (Å²) in [5, 5.41) is 10.0. The summed E-state index contributed by atoms with van der Waals surface area (Å²) in [4.78, 5) is 18.2. The SMILES string of the molecule is O=Cc1nccc(C(O)c2ccccc2)n1. The second-order valence-electron chi connectivity index (χ2n) is 3.27. The number of hydrogen-bond donors (Lipinski definition) is 1. The van der Waals surface area contributed by atoms with Crippen molar-refractivity contribution < 1.29 is 9.90 Å². The largest absolute Gasteiger partial charge is 0.382 e. The van der Waals surface area contributed by atoms with Crippen molar-refractivity contribution in [1.29, 1.82) is 0 Å². The van der Waals surface area contributed by atoms with Gasteiger partial charge in [-0.15, -0.1) is 0 Å². The molecule has 0 aliphatic rings. The highest BCUT2D eigenvalue weighted by Crippen LogP contribution is 2.18. The van der Waals surface area contributed by atoms with Gasteiger partial charge in [0.2, 0.25) is 0 Å². The molecule has 2 aromatic rings. The Hall–Kier alpha value is -2.07. The quantitative estimate of drug-likeness (QED) is 0.784. The highest BCUT2D eigenvalue weighted by Gasteiger charge is 2.11. The molecule has 16 heavy (non-hydrogen) atoms. The number of nitrogens with zero attached hydrogens (tertiary/aromatic N) is 2. The van der Waals surface area contributed by atoms with Crippen molar-refractivity contribution in [2.24, 2.45) is 0 Å². The number of carbonyl (C=O) groups excluding carboxylic acids is 1. The maximum Gasteiger partial charge on any atom is 0.192 e. The van der Waals surface area contributed by atoms with Crippen molar-refractivity contribution >= 4 is 6.29 Å². The van der Waals surface area contributed by atoms with Crippen LogP contribution in [0.15, 0.2) is 42.6 Å². The zero-order valence-corrected chi connectivity index (χ0v) is 8.45. The van der Waals surface area contributed by atoms with Crippen molar-refractivity contribution in [2.75, 3.05) is 0 Å². The number of aliphatic hydroxyl groups excluding tert-OH is 1. The first-order valence-electron chi connectivity index (χ1n) is 4.82. The molecule has 0 saturated heterocycles. The molecule has 0 aliphatic heterocycles. The van der Waals surface area contributed by atoms with Gasteiger partial charge in [-0.1, -0.05) is 30.3 Å². The molecule has 0 saturated carbocycles. The molecule has 1 aromatic carbocycles. The number of aromatic nitrogens is 2. The third-order valence-corrected chi connectivity index (χ3v) is 2.20. The molecule has 0 aliphatic carbocycles. The van der Waals surface area contributed by atoms with E-state index in [1.165, 1.54) is 6.20 Å². The monoisotopic (exact) mass is 214 g/mol. The molecule has 1 unspecified atom stereocenters. The summed E-state index contributed by atoms with van der Waals surface area (Å²) in [5.41, 5.74) is 1.15. The minimum Gasteiger partial charge on any atom is -0.382 e. The normalized spacial score (nSPS) is 12.1. The average Bonchev–Trinajstić information content (AvgIpc) is 2.39. The molecule has 4 nitrogen and oxygen atoms in total. The van der Waals surface area contributed by atoms with Crippen LogP contribution in [0, 0.1) is 0 Å². The number of aliphatic hydroxyl groups is 1. The van der Waals surface area contributed by atoms with Crippen LogP contribution in [0.3, 0.4) is 0 Å². The van der Waals surface area contributed by atoms with Crippen LogP contribution in [0.1, 0.15) is 28.0 Å². The Balaban J connectivity index is 2.34. The number of rotatable bonds is 3. The lowest BCUT2D eigenvalue weighted by atomic mass is 10.1. The average molecular weight is 214 g/mol. The Morgan fingerprint density at radius 3 is 2.62 bits per heavy atom. The smallest absolute Gasteiger partial charge is 0.192 e. The van der Waals surface area contributed by atoms with E-state index in [0.29, 0.717) is 12.0 Å². The zero-order valence-electron chi connectivity index (χ0n) is 8.45. The zero-order chi connectivity index (χ0) is 11.4. The van der Waals surface area contributed by atoms with Crippen LogP contribution in [0.4, 0.5) is 0 Å². The molecule has 80 valence electrons. The summed E-state index contributed by atoms with van der Waals surface area (Å²) in [6.45, 7) is 0. The van der Waals surface area contributed by atoms with Crippen LogP contribution in [0.25, 0.3) is 0 Å². The fourth-order valence-corrected chi connectivity index (χ4v) is 1.40. The molecule has 0 bridgehead atoms. The van der Waals surface area contributed by atoms with Gasteiger partial charge in [0.05, 0.1) is 5.69 Å². The van der Waals surface area contributed by atoms with Crippen LogP contribution in [-0.4, -0.2) is 21.4 Å². The summed E-state index contributed by atoms with van der Waals surface area (Å²) in [5.74, 6) is 0.0764. The van der Waals surface area contributed by atoms with Gasteiger partial charge in [0.1, 0.15) is 6.10 Å². The van der Waals surface area contributed by atoms with Crippen molar-refractivity contribution in [3.8, 4) is 0 Å². The minimum absolute atomic E-state index is 0.0764. The first-order valence-corrected chi connectivity index (χ1v) is 4.82. The lowest BCUT2D eigenvalue weighted by Gasteiger charge is -2.09. The first-order chi connectivity index (χ1) is 7.81. The van der Waals surface area contributed by atoms with E-state index in [1.807, 2.05) is 18.2 Å². The maximum absolute atomic E-state index is 10.5. The fourth-order valence-electron chi connectivity index (χ4n) is 1.40. The summed E-state index contributed by atoms with van der Waals surface area (Å²) in [7, 11) is 0. The van der Waals surface area contributed by atoms with Gasteiger partial charge in [-0.3, -0.25) is 4.79 Å². The van der Waals surface area contributed by atoms with Gasteiger partial charge >= 0.3 is 0 Å². The van der Waals surface area contributed by atoms with Gasteiger partial charge in [0.15, 0.2) is 12.1 Å². The molecule has 0 radical (unpaired) electrons. The van der Waals surface area contributed by atoms with E-state index in [1.54, 1.807) is 18.2 Å². The number of aldehydes is 1. The van der Waals surface area contributed by atoms with Crippen LogP contribution in [0.5, 0.6) is 0 Å². The summed E-state index contributed by atoms with van der Waals surface area (Å²) >= 11 is 0. The number of hydrogen-bond acceptors (Lipinski definition) is 4. The fraction of sp³-hybridized carbons (Fsp3) is 0.0833. The molecule has 1 N–H and O–H groups in total. The van der Waals surface area contributed by atoms with Crippen LogP contribution >= 0.6 is 0 Å². The van der Waals surface area contributed by atoms with E-state index in [9.17, 15) is 9.90 Å². The molecule has 0 amide bonds. The predicted molar refractivity (Wildman–Crippen MR) is 57.9 cm³/mol. The molecular weight excluding hydrogens is 204 g/mol. The summed E-state index contributed by atoms with van der Waals surface area (Å²) < 4.78 is 0. The van der Waals surface area contributed by atoms with E-state index in [4.69, 9.17) is 0 Å². The number of benzene rings is 1. The third-order valence-electron chi connectivity index (χ3n) is 2.20. The molecule has 1 aromatic heterocycles. The predicted octanol–water partition coefficient (Wildman–Crippen LogP) is 1.37. The van der Waals surface area contributed by atoms with Crippen LogP contribution < -0.4 is 0 Å². The number of carbonyl (C=O) groups is 1. The molecular formula is C12H10N2O2. The van der Waals surface area contributed by atoms with E-state index >= 15 is 0 Å². The molecule has 2 rings (SSSR count). The Morgan fingerprint density at radius 1 is 1.19 bits per heavy atom. The summed E-state index contributed by atoms with van der Waals surface area (Å²) in [6, 6.07) is 10.7. The molecule has 1 heterocycles. The van der Waals surface area contributed by atoms with Gasteiger partial charge in [-0.25, -0.2) is 9.97 Å². The Morgan fingerprint density at radius 2 is 1.94 bits per heavy atom. The van der Waals surface area contributed by atoms with Crippen molar-refractivity contribution in [2.45, 2.75) is 6.10 Å². The highest BCUT2D eigenvalue weighted by atomic mass is 16.3. The van der Waals surface area contributed by atoms with Crippen molar-refractivity contribution in [3.63, 3.8) is 0 Å². The van der Waals surface area contributed by atoms with Gasteiger partial charge in [0.25, 0.3) is 0 Å². The summed E-state index contributed by atoms with van der Waals surface area (Å²) in [6.07, 6.45) is 1.18. The van der Waals surface area contributed by atoms with Gasteiger partial charge in [0, 0.05) is 6.20 Å². The molecule has 0 fully saturated rings. The van der Waals surface area contributed by atoms with Gasteiger partial charge in [-0.2, -0.15) is 0 Å². The Kier molecular flexibility index (Phi) is 3.03. The molecule has 0 spiro atoms. The van der Waals surface area contributed by atoms with Gasteiger partial charge in [-0.05, 0) is 11.6 Å². The van der Waals surface area contributed by atoms with E-state index in [-0.39, 0.29) is 5.82 Å². The van der Waals surface area contributed by atoms with Gasteiger partial charge < -0.3 is 5.11 Å². The Labute approximate surface area is 92.6 Å². The van der Waals surface area contributed by atoms with Crippen molar-refractivity contribution in [3.05, 3.63) is 59.7 Å². The van der Waals surface area contributed by atoms with Crippen LogP contribution in [0.2, 0.25) is 0 Å².